The van der Waals surface area contributed by atoms with Crippen molar-refractivity contribution < 1.29 is 4.42 Å². The number of nitrogens with zero attached hydrogens (tertiary/aromatic N) is 2. The van der Waals surface area contributed by atoms with Gasteiger partial charge in [-0.3, -0.25) is 9.69 Å². The maximum atomic E-state index is 12.7. The molecule has 1 aliphatic heterocycles. The fourth-order valence-electron chi connectivity index (χ4n) is 3.83. The van der Waals surface area contributed by atoms with Crippen molar-refractivity contribution in [2.75, 3.05) is 12.3 Å². The molecule has 5 rings (SSSR count). The van der Waals surface area contributed by atoms with E-state index in [2.05, 4.69) is 9.88 Å². The predicted molar refractivity (Wildman–Crippen MR) is 117 cm³/mol. The lowest BCUT2D eigenvalue weighted by atomic mass is 10.1. The molecule has 0 spiro atoms. The second kappa shape index (κ2) is 7.65. The molecule has 150 valence electrons. The van der Waals surface area contributed by atoms with Gasteiger partial charge < -0.3 is 15.1 Å². The predicted octanol–water partition coefficient (Wildman–Crippen LogP) is 3.84. The molecule has 1 aliphatic rings. The highest BCUT2D eigenvalue weighted by Gasteiger charge is 2.22. The molecule has 0 aliphatic carbocycles. The molecule has 3 N–H and O–H groups in total. The molecule has 6 heteroatoms. The van der Waals surface area contributed by atoms with Gasteiger partial charge in [-0.2, -0.15) is 0 Å². The number of benzene rings is 2. The number of furan rings is 1. The lowest BCUT2D eigenvalue weighted by Crippen LogP contribution is -2.35. The zero-order valence-corrected chi connectivity index (χ0v) is 16.5. The maximum absolute atomic E-state index is 12.7. The minimum Gasteiger partial charge on any atom is -0.460 e. The van der Waals surface area contributed by atoms with E-state index in [0.29, 0.717) is 24.6 Å². The van der Waals surface area contributed by atoms with Crippen molar-refractivity contribution in [2.45, 2.75) is 19.5 Å². The van der Waals surface area contributed by atoms with Gasteiger partial charge in [0.15, 0.2) is 0 Å². The van der Waals surface area contributed by atoms with Crippen LogP contribution in [0.2, 0.25) is 0 Å². The molecule has 2 aromatic carbocycles. The Labute approximate surface area is 174 Å². The fraction of sp³-hybridized carbons (Fsp3) is 0.167. The Kier molecular flexibility index (Phi) is 4.69. The number of fused-ring (bicyclic) bond motifs is 1. The molecular formula is C24H22N4O2. The van der Waals surface area contributed by atoms with Crippen LogP contribution in [0.5, 0.6) is 0 Å². The van der Waals surface area contributed by atoms with Gasteiger partial charge >= 0.3 is 0 Å². The van der Waals surface area contributed by atoms with Crippen LogP contribution in [0.1, 0.15) is 17.0 Å². The number of hydrogen-bond donors (Lipinski definition) is 2. The molecule has 6 nitrogen and oxygen atoms in total. The molecular weight excluding hydrogens is 376 g/mol. The molecule has 0 amide bonds. The smallest absolute Gasteiger partial charge is 0.255 e. The van der Waals surface area contributed by atoms with E-state index in [1.165, 1.54) is 0 Å². The van der Waals surface area contributed by atoms with Crippen LogP contribution in [-0.4, -0.2) is 21.4 Å². The largest absolute Gasteiger partial charge is 0.460 e. The zero-order chi connectivity index (χ0) is 20.5. The van der Waals surface area contributed by atoms with Gasteiger partial charge in [-0.15, -0.1) is 0 Å². The number of H-pyrrole nitrogens is 1. The maximum Gasteiger partial charge on any atom is 0.255 e. The van der Waals surface area contributed by atoms with Crippen LogP contribution in [0, 0.1) is 0 Å². The van der Waals surface area contributed by atoms with Crippen molar-refractivity contribution in [3.05, 3.63) is 94.1 Å². The van der Waals surface area contributed by atoms with E-state index in [0.717, 1.165) is 46.9 Å². The number of hydrogen-bond acceptors (Lipinski definition) is 5. The highest BCUT2D eigenvalue weighted by Crippen LogP contribution is 2.24. The topological polar surface area (TPSA) is 88.1 Å². The number of anilines is 1. The standard InChI is InChI=1S/C24H22N4O2/c25-18-8-6-17(7-9-18)23-26-21-12-13-28(15-20(21)24(29)27-23)14-19-10-11-22(30-19)16-4-2-1-3-5-16/h1-11H,12-15,25H2,(H,26,27,29). The van der Waals surface area contributed by atoms with Gasteiger partial charge in [0.05, 0.1) is 17.8 Å². The van der Waals surface area contributed by atoms with Crippen molar-refractivity contribution in [1.82, 2.24) is 14.9 Å². The summed E-state index contributed by atoms with van der Waals surface area (Å²) in [6.45, 7) is 2.04. The van der Waals surface area contributed by atoms with E-state index >= 15 is 0 Å². The monoisotopic (exact) mass is 398 g/mol. The number of aromatic nitrogens is 2. The van der Waals surface area contributed by atoms with Crippen LogP contribution in [0.3, 0.4) is 0 Å². The number of nitrogen functional groups attached to an aromatic ring is 1. The Morgan fingerprint density at radius 1 is 1.00 bits per heavy atom. The van der Waals surface area contributed by atoms with Crippen molar-refractivity contribution in [2.24, 2.45) is 0 Å². The van der Waals surface area contributed by atoms with Gasteiger partial charge in [0.25, 0.3) is 5.56 Å². The van der Waals surface area contributed by atoms with Crippen LogP contribution < -0.4 is 11.3 Å². The Morgan fingerprint density at radius 3 is 2.60 bits per heavy atom. The average molecular weight is 398 g/mol. The van der Waals surface area contributed by atoms with Gasteiger partial charge in [-0.25, -0.2) is 4.98 Å². The third-order valence-electron chi connectivity index (χ3n) is 5.43. The first-order valence-corrected chi connectivity index (χ1v) is 10.0. The quantitative estimate of drug-likeness (QED) is 0.510. The van der Waals surface area contributed by atoms with Crippen molar-refractivity contribution in [3.63, 3.8) is 0 Å². The van der Waals surface area contributed by atoms with Gasteiger partial charge in [0.1, 0.15) is 17.3 Å². The summed E-state index contributed by atoms with van der Waals surface area (Å²) in [4.78, 5) is 22.6. The highest BCUT2D eigenvalue weighted by molar-refractivity contribution is 5.59. The van der Waals surface area contributed by atoms with E-state index in [-0.39, 0.29) is 5.56 Å². The zero-order valence-electron chi connectivity index (χ0n) is 16.5. The minimum absolute atomic E-state index is 0.0825. The lowest BCUT2D eigenvalue weighted by Gasteiger charge is -2.26. The number of aromatic amines is 1. The van der Waals surface area contributed by atoms with Gasteiger partial charge in [0, 0.05) is 36.3 Å². The third-order valence-corrected chi connectivity index (χ3v) is 5.43. The molecule has 0 unspecified atom stereocenters. The van der Waals surface area contributed by atoms with Crippen molar-refractivity contribution in [3.8, 4) is 22.7 Å². The Morgan fingerprint density at radius 2 is 1.80 bits per heavy atom. The average Bonchev–Trinajstić information content (AvgIpc) is 3.24. The van der Waals surface area contributed by atoms with Crippen LogP contribution in [0.15, 0.2) is 75.9 Å². The van der Waals surface area contributed by atoms with Crippen molar-refractivity contribution in [1.29, 1.82) is 0 Å². The molecule has 0 saturated carbocycles. The third kappa shape index (κ3) is 3.65. The summed E-state index contributed by atoms with van der Waals surface area (Å²) in [5.41, 5.74) is 9.87. The summed E-state index contributed by atoms with van der Waals surface area (Å²) >= 11 is 0. The minimum atomic E-state index is -0.0825. The van der Waals surface area contributed by atoms with E-state index in [1.807, 2.05) is 66.7 Å². The number of rotatable bonds is 4. The fourth-order valence-corrected chi connectivity index (χ4v) is 3.83. The molecule has 2 aromatic heterocycles. The molecule has 0 fully saturated rings. The van der Waals surface area contributed by atoms with Crippen LogP contribution >= 0.6 is 0 Å². The molecule has 0 saturated heterocycles. The van der Waals surface area contributed by atoms with Crippen LogP contribution in [0.4, 0.5) is 5.69 Å². The summed E-state index contributed by atoms with van der Waals surface area (Å²) in [5, 5.41) is 0. The van der Waals surface area contributed by atoms with E-state index in [1.54, 1.807) is 0 Å². The molecule has 3 heterocycles. The summed E-state index contributed by atoms with van der Waals surface area (Å²) < 4.78 is 6.02. The van der Waals surface area contributed by atoms with Crippen molar-refractivity contribution >= 4 is 5.69 Å². The normalized spacial score (nSPS) is 13.9. The Hall–Kier alpha value is -3.64. The lowest BCUT2D eigenvalue weighted by molar-refractivity contribution is 0.223. The first-order valence-electron chi connectivity index (χ1n) is 10.0. The van der Waals surface area contributed by atoms with Crippen LogP contribution in [-0.2, 0) is 19.5 Å². The first kappa shape index (κ1) is 18.4. The second-order valence-electron chi connectivity index (χ2n) is 7.55. The summed E-state index contributed by atoms with van der Waals surface area (Å²) in [7, 11) is 0. The molecule has 30 heavy (non-hydrogen) atoms. The highest BCUT2D eigenvalue weighted by atomic mass is 16.3. The van der Waals surface area contributed by atoms with E-state index in [9.17, 15) is 4.79 Å². The van der Waals surface area contributed by atoms with Gasteiger partial charge in [0.2, 0.25) is 0 Å². The molecule has 0 radical (unpaired) electrons. The summed E-state index contributed by atoms with van der Waals surface area (Å²) in [6, 6.07) is 21.4. The Balaban J connectivity index is 1.34. The summed E-state index contributed by atoms with van der Waals surface area (Å²) in [6.07, 6.45) is 0.730. The van der Waals surface area contributed by atoms with E-state index < -0.39 is 0 Å². The molecule has 0 bridgehead atoms. The Bertz CT molecular complexity index is 1230. The molecule has 0 atom stereocenters. The second-order valence-corrected chi connectivity index (χ2v) is 7.55. The summed E-state index contributed by atoms with van der Waals surface area (Å²) in [5.74, 6) is 2.33. The number of nitrogens with two attached hydrogens (primary N) is 1. The van der Waals surface area contributed by atoms with E-state index in [4.69, 9.17) is 15.1 Å². The van der Waals surface area contributed by atoms with Gasteiger partial charge in [-0.05, 0) is 36.4 Å². The SMILES string of the molecule is Nc1ccc(-c2nc3c(c(=O)[nH]2)CN(Cc2ccc(-c4ccccc4)o2)CC3)cc1. The van der Waals surface area contributed by atoms with Gasteiger partial charge in [-0.1, -0.05) is 30.3 Å². The number of nitrogens with one attached hydrogen (secondary N) is 1. The first-order chi connectivity index (χ1) is 14.7. The molecule has 4 aromatic rings. The van der Waals surface area contributed by atoms with Crippen LogP contribution in [0.25, 0.3) is 22.7 Å².